The summed E-state index contributed by atoms with van der Waals surface area (Å²) in [5.74, 6) is 0. The maximum Gasteiger partial charge on any atom is 0.391 e. The topological polar surface area (TPSA) is 9.23 Å². The molecule has 0 saturated heterocycles. The molecule has 1 rings (SSSR count). The first-order valence-corrected chi connectivity index (χ1v) is 5.35. The van der Waals surface area contributed by atoms with Crippen molar-refractivity contribution in [2.45, 2.75) is 18.7 Å². The third-order valence-corrected chi connectivity index (χ3v) is 2.66. The lowest BCUT2D eigenvalue weighted by atomic mass is 10.1. The van der Waals surface area contributed by atoms with Crippen molar-refractivity contribution in [2.24, 2.45) is 0 Å². The van der Waals surface area contributed by atoms with E-state index in [0.29, 0.717) is 5.56 Å². The number of hydrogen-bond donors (Lipinski definition) is 0. The van der Waals surface area contributed by atoms with E-state index in [4.69, 9.17) is 4.74 Å². The maximum absolute atomic E-state index is 12.2. The van der Waals surface area contributed by atoms with Gasteiger partial charge in [-0.05, 0) is 40.3 Å². The van der Waals surface area contributed by atoms with Crippen LogP contribution >= 0.6 is 22.6 Å². The van der Waals surface area contributed by atoms with Gasteiger partial charge in [0.2, 0.25) is 0 Å². The molecule has 0 aliphatic carbocycles. The van der Waals surface area contributed by atoms with Crippen LogP contribution in [-0.4, -0.2) is 13.3 Å². The molecule has 0 aliphatic heterocycles. The molecule has 0 amide bonds. The second kappa shape index (κ2) is 5.16. The Hall–Kier alpha value is -0.300. The van der Waals surface area contributed by atoms with Crippen LogP contribution in [0.3, 0.4) is 0 Å². The molecule has 15 heavy (non-hydrogen) atoms. The average Bonchev–Trinajstić information content (AvgIpc) is 2.14. The number of rotatable bonds is 3. The Morgan fingerprint density at radius 1 is 1.27 bits per heavy atom. The van der Waals surface area contributed by atoms with Gasteiger partial charge in [-0.1, -0.05) is 12.1 Å². The molecular weight excluding hydrogens is 320 g/mol. The monoisotopic (exact) mass is 330 g/mol. The third-order valence-electron chi connectivity index (χ3n) is 1.94. The van der Waals surface area contributed by atoms with E-state index in [0.717, 1.165) is 3.57 Å². The summed E-state index contributed by atoms with van der Waals surface area (Å²) in [4.78, 5) is 0. The summed E-state index contributed by atoms with van der Waals surface area (Å²) in [5, 5.41) is 0. The van der Waals surface area contributed by atoms with Crippen molar-refractivity contribution in [3.8, 4) is 0 Å². The predicted octanol–water partition coefficient (Wildman–Crippen LogP) is 3.93. The summed E-state index contributed by atoms with van der Waals surface area (Å²) in [6.45, 7) is 0. The molecule has 1 aromatic rings. The minimum atomic E-state index is -4.20. The summed E-state index contributed by atoms with van der Waals surface area (Å²) >= 11 is 2.10. The summed E-state index contributed by atoms with van der Waals surface area (Å²) in [5.41, 5.74) is 0.551. The van der Waals surface area contributed by atoms with Crippen LogP contribution in [0.5, 0.6) is 0 Å². The van der Waals surface area contributed by atoms with E-state index in [1.54, 1.807) is 24.3 Å². The van der Waals surface area contributed by atoms with Crippen LogP contribution in [-0.2, 0) is 4.74 Å². The van der Waals surface area contributed by atoms with Crippen molar-refractivity contribution >= 4 is 22.6 Å². The van der Waals surface area contributed by atoms with Gasteiger partial charge in [0.05, 0.1) is 12.5 Å². The molecule has 0 N–H and O–H groups in total. The molecule has 1 unspecified atom stereocenters. The molecule has 5 heteroatoms. The maximum atomic E-state index is 12.2. The predicted molar refractivity (Wildman–Crippen MR) is 59.6 cm³/mol. The standard InChI is InChI=1S/C10H10F3IO/c1-15-9(6-10(11,12)13)7-2-4-8(14)5-3-7/h2-5,9H,6H2,1H3. The van der Waals surface area contributed by atoms with Gasteiger partial charge in [0, 0.05) is 10.7 Å². The normalized spacial score (nSPS) is 13.9. The lowest BCUT2D eigenvalue weighted by molar-refractivity contribution is -0.158. The van der Waals surface area contributed by atoms with Gasteiger partial charge >= 0.3 is 6.18 Å². The Labute approximate surface area is 99.8 Å². The Bertz CT molecular complexity index is 307. The van der Waals surface area contributed by atoms with Crippen LogP contribution in [0.4, 0.5) is 13.2 Å². The summed E-state index contributed by atoms with van der Waals surface area (Å²) < 4.78 is 42.3. The van der Waals surface area contributed by atoms with Gasteiger partial charge in [-0.3, -0.25) is 0 Å². The van der Waals surface area contributed by atoms with Crippen LogP contribution in [0.1, 0.15) is 18.1 Å². The van der Waals surface area contributed by atoms with E-state index in [9.17, 15) is 13.2 Å². The van der Waals surface area contributed by atoms with Crippen LogP contribution in [0.15, 0.2) is 24.3 Å². The van der Waals surface area contributed by atoms with Crippen molar-refractivity contribution in [2.75, 3.05) is 7.11 Å². The highest BCUT2D eigenvalue weighted by Crippen LogP contribution is 2.31. The number of methoxy groups -OCH3 is 1. The molecule has 0 aliphatic rings. The minimum Gasteiger partial charge on any atom is -0.376 e. The number of hydrogen-bond acceptors (Lipinski definition) is 1. The highest BCUT2D eigenvalue weighted by molar-refractivity contribution is 14.1. The first-order chi connectivity index (χ1) is 6.92. The average molecular weight is 330 g/mol. The fourth-order valence-corrected chi connectivity index (χ4v) is 1.58. The highest BCUT2D eigenvalue weighted by atomic mass is 127. The number of halogens is 4. The fourth-order valence-electron chi connectivity index (χ4n) is 1.22. The van der Waals surface area contributed by atoms with Gasteiger partial charge in [0.15, 0.2) is 0 Å². The van der Waals surface area contributed by atoms with E-state index in [-0.39, 0.29) is 0 Å². The zero-order valence-corrected chi connectivity index (χ0v) is 10.2. The minimum absolute atomic E-state index is 0.551. The zero-order chi connectivity index (χ0) is 11.5. The highest BCUT2D eigenvalue weighted by Gasteiger charge is 2.32. The summed E-state index contributed by atoms with van der Waals surface area (Å²) in [7, 11) is 1.29. The number of ether oxygens (including phenoxy) is 1. The van der Waals surface area contributed by atoms with Crippen molar-refractivity contribution in [1.29, 1.82) is 0 Å². The molecule has 0 aromatic heterocycles. The lowest BCUT2D eigenvalue weighted by Gasteiger charge is -2.17. The van der Waals surface area contributed by atoms with Crippen molar-refractivity contribution in [3.05, 3.63) is 33.4 Å². The summed E-state index contributed by atoms with van der Waals surface area (Å²) in [6.07, 6.45) is -6.07. The van der Waals surface area contributed by atoms with Crippen LogP contribution in [0.25, 0.3) is 0 Å². The van der Waals surface area contributed by atoms with Gasteiger partial charge in [0.25, 0.3) is 0 Å². The van der Waals surface area contributed by atoms with Crippen molar-refractivity contribution < 1.29 is 17.9 Å². The van der Waals surface area contributed by atoms with E-state index >= 15 is 0 Å². The van der Waals surface area contributed by atoms with E-state index < -0.39 is 18.7 Å². The van der Waals surface area contributed by atoms with E-state index in [1.807, 2.05) is 0 Å². The molecule has 1 atom stereocenters. The Morgan fingerprint density at radius 2 is 1.80 bits per heavy atom. The third kappa shape index (κ3) is 4.38. The number of alkyl halides is 3. The molecule has 1 nitrogen and oxygen atoms in total. The molecule has 0 saturated carbocycles. The fraction of sp³-hybridized carbons (Fsp3) is 0.400. The SMILES string of the molecule is COC(CC(F)(F)F)c1ccc(I)cc1. The molecule has 0 bridgehead atoms. The van der Waals surface area contributed by atoms with Crippen LogP contribution < -0.4 is 0 Å². The second-order valence-corrected chi connectivity index (χ2v) is 4.34. The largest absolute Gasteiger partial charge is 0.391 e. The van der Waals surface area contributed by atoms with Crippen molar-refractivity contribution in [3.63, 3.8) is 0 Å². The Morgan fingerprint density at radius 3 is 2.20 bits per heavy atom. The Balaban J connectivity index is 2.79. The molecular formula is C10H10F3IO. The van der Waals surface area contributed by atoms with Gasteiger partial charge < -0.3 is 4.74 Å². The molecule has 84 valence electrons. The molecule has 0 heterocycles. The second-order valence-electron chi connectivity index (χ2n) is 3.10. The van der Waals surface area contributed by atoms with Gasteiger partial charge in [0.1, 0.15) is 0 Å². The van der Waals surface area contributed by atoms with Crippen LogP contribution in [0.2, 0.25) is 0 Å². The molecule has 1 aromatic carbocycles. The first-order valence-electron chi connectivity index (χ1n) is 4.27. The summed E-state index contributed by atoms with van der Waals surface area (Å²) in [6, 6.07) is 6.83. The van der Waals surface area contributed by atoms with Crippen LogP contribution in [0, 0.1) is 3.57 Å². The van der Waals surface area contributed by atoms with E-state index in [1.165, 1.54) is 7.11 Å². The quantitative estimate of drug-likeness (QED) is 0.763. The van der Waals surface area contributed by atoms with Crippen molar-refractivity contribution in [1.82, 2.24) is 0 Å². The Kier molecular flexibility index (Phi) is 4.39. The van der Waals surface area contributed by atoms with Gasteiger partial charge in [-0.15, -0.1) is 0 Å². The van der Waals surface area contributed by atoms with Gasteiger partial charge in [-0.25, -0.2) is 0 Å². The molecule has 0 fully saturated rings. The molecule has 0 radical (unpaired) electrons. The molecule has 0 spiro atoms. The van der Waals surface area contributed by atoms with E-state index in [2.05, 4.69) is 22.6 Å². The smallest absolute Gasteiger partial charge is 0.376 e. The lowest BCUT2D eigenvalue weighted by Crippen LogP contribution is -2.15. The zero-order valence-electron chi connectivity index (χ0n) is 8.01. The van der Waals surface area contributed by atoms with Gasteiger partial charge in [-0.2, -0.15) is 13.2 Å². The number of benzene rings is 1. The first kappa shape index (κ1) is 12.8.